The maximum absolute atomic E-state index is 12.6. The molecule has 0 atom stereocenters. The van der Waals surface area contributed by atoms with E-state index in [2.05, 4.69) is 15.3 Å². The first-order chi connectivity index (χ1) is 14.1. The minimum absolute atomic E-state index is 0.0929. The number of thiophene rings is 1. The zero-order valence-corrected chi connectivity index (χ0v) is 17.3. The van der Waals surface area contributed by atoms with Crippen molar-refractivity contribution in [3.63, 3.8) is 0 Å². The van der Waals surface area contributed by atoms with Gasteiger partial charge in [-0.25, -0.2) is 4.98 Å². The fourth-order valence-corrected chi connectivity index (χ4v) is 4.98. The Bertz CT molecular complexity index is 1120. The quantitative estimate of drug-likeness (QED) is 0.646. The largest absolute Gasteiger partial charge is 0.493 e. The zero-order valence-electron chi connectivity index (χ0n) is 16.5. The van der Waals surface area contributed by atoms with Gasteiger partial charge in [-0.2, -0.15) is 0 Å². The minimum Gasteiger partial charge on any atom is -0.493 e. The Morgan fingerprint density at radius 3 is 2.79 bits per heavy atom. The molecule has 2 N–H and O–H groups in total. The highest BCUT2D eigenvalue weighted by Gasteiger charge is 2.20. The number of H-pyrrole nitrogens is 1. The standard InChI is InChI=1S/C21H23N3O4S/c1-27-14-8-7-12(11-15(14)28-2)22-18(25)10-9-17-23-20(26)19-13-5-3-4-6-16(13)29-21(19)24-17/h7-8,11H,3-6,9-10H2,1-2H3,(H,22,25)(H,23,24,26). The predicted octanol–water partition coefficient (Wildman–Crippen LogP) is 3.45. The maximum Gasteiger partial charge on any atom is 0.259 e. The first-order valence-corrected chi connectivity index (χ1v) is 10.5. The number of hydrogen-bond acceptors (Lipinski definition) is 6. The summed E-state index contributed by atoms with van der Waals surface area (Å²) in [5, 5.41) is 3.58. The van der Waals surface area contributed by atoms with Crippen LogP contribution in [0.15, 0.2) is 23.0 Å². The molecule has 0 saturated carbocycles. The average Bonchev–Trinajstić information content (AvgIpc) is 3.11. The molecular formula is C21H23N3O4S. The topological polar surface area (TPSA) is 93.3 Å². The number of nitrogens with zero attached hydrogens (tertiary/aromatic N) is 1. The minimum atomic E-state index is -0.162. The Hall–Kier alpha value is -2.87. The van der Waals surface area contributed by atoms with Crippen LogP contribution in [-0.2, 0) is 24.1 Å². The van der Waals surface area contributed by atoms with E-state index < -0.39 is 0 Å². The van der Waals surface area contributed by atoms with Crippen LogP contribution in [0.4, 0.5) is 5.69 Å². The Morgan fingerprint density at radius 1 is 1.21 bits per heavy atom. The molecule has 0 spiro atoms. The highest BCUT2D eigenvalue weighted by atomic mass is 32.1. The summed E-state index contributed by atoms with van der Waals surface area (Å²) >= 11 is 1.62. The van der Waals surface area contributed by atoms with Crippen molar-refractivity contribution in [1.29, 1.82) is 0 Å². The number of ether oxygens (including phenoxy) is 2. The van der Waals surface area contributed by atoms with Crippen LogP contribution in [0.5, 0.6) is 11.5 Å². The smallest absolute Gasteiger partial charge is 0.259 e. The van der Waals surface area contributed by atoms with Gasteiger partial charge in [0.05, 0.1) is 19.6 Å². The summed E-state index contributed by atoms with van der Waals surface area (Å²) in [5.41, 5.74) is 1.70. The van der Waals surface area contributed by atoms with E-state index in [-0.39, 0.29) is 17.9 Å². The molecule has 2 aromatic heterocycles. The molecule has 1 amide bonds. The van der Waals surface area contributed by atoms with Crippen molar-refractivity contribution < 1.29 is 14.3 Å². The monoisotopic (exact) mass is 413 g/mol. The van der Waals surface area contributed by atoms with Gasteiger partial charge in [0.2, 0.25) is 5.91 Å². The maximum atomic E-state index is 12.6. The molecule has 0 saturated heterocycles. The number of aromatic nitrogens is 2. The third-order valence-electron chi connectivity index (χ3n) is 5.13. The van der Waals surface area contributed by atoms with Crippen LogP contribution in [0, 0.1) is 0 Å². The first kappa shape index (κ1) is 19.4. The summed E-state index contributed by atoms with van der Waals surface area (Å²) in [6, 6.07) is 5.20. The molecule has 0 bridgehead atoms. The fraction of sp³-hybridized carbons (Fsp3) is 0.381. The molecule has 3 aromatic rings. The number of nitrogens with one attached hydrogen (secondary N) is 2. The highest BCUT2D eigenvalue weighted by molar-refractivity contribution is 7.18. The molecule has 0 fully saturated rings. The van der Waals surface area contributed by atoms with E-state index in [0.29, 0.717) is 29.4 Å². The Labute approximate surface area is 172 Å². The molecule has 7 nitrogen and oxygen atoms in total. The van der Waals surface area contributed by atoms with Gasteiger partial charge in [0, 0.05) is 29.5 Å². The van der Waals surface area contributed by atoms with Crippen LogP contribution < -0.4 is 20.3 Å². The molecule has 1 aliphatic rings. The van der Waals surface area contributed by atoms with E-state index in [4.69, 9.17) is 9.47 Å². The van der Waals surface area contributed by atoms with Crippen LogP contribution in [0.2, 0.25) is 0 Å². The van der Waals surface area contributed by atoms with Crippen LogP contribution in [-0.4, -0.2) is 30.1 Å². The number of amides is 1. The Kier molecular flexibility index (Phi) is 5.53. The van der Waals surface area contributed by atoms with Gasteiger partial charge in [0.25, 0.3) is 5.56 Å². The van der Waals surface area contributed by atoms with E-state index in [0.717, 1.165) is 29.5 Å². The molecule has 0 unspecified atom stereocenters. The van der Waals surface area contributed by atoms with E-state index in [1.807, 2.05) is 0 Å². The molecule has 1 aromatic carbocycles. The van der Waals surface area contributed by atoms with E-state index in [1.54, 1.807) is 43.8 Å². The molecule has 1 aliphatic carbocycles. The van der Waals surface area contributed by atoms with Crippen LogP contribution in [0.1, 0.15) is 35.5 Å². The lowest BCUT2D eigenvalue weighted by molar-refractivity contribution is -0.116. The number of rotatable bonds is 6. The van der Waals surface area contributed by atoms with Crippen molar-refractivity contribution >= 4 is 33.1 Å². The third-order valence-corrected chi connectivity index (χ3v) is 6.32. The van der Waals surface area contributed by atoms with Gasteiger partial charge in [-0.1, -0.05) is 0 Å². The normalized spacial score (nSPS) is 13.2. The lowest BCUT2D eigenvalue weighted by Gasteiger charge is -2.10. The van der Waals surface area contributed by atoms with Crippen molar-refractivity contribution in [1.82, 2.24) is 9.97 Å². The fourth-order valence-electron chi connectivity index (χ4n) is 3.70. The van der Waals surface area contributed by atoms with E-state index in [1.165, 1.54) is 16.9 Å². The number of aromatic amines is 1. The number of carbonyl (C=O) groups excluding carboxylic acids is 1. The number of anilines is 1. The van der Waals surface area contributed by atoms with Crippen molar-refractivity contribution in [2.75, 3.05) is 19.5 Å². The molecule has 29 heavy (non-hydrogen) atoms. The second kappa shape index (κ2) is 8.24. The summed E-state index contributed by atoms with van der Waals surface area (Å²) < 4.78 is 10.5. The Morgan fingerprint density at radius 2 is 2.00 bits per heavy atom. The summed E-state index contributed by atoms with van der Waals surface area (Å²) in [6.07, 6.45) is 4.85. The summed E-state index contributed by atoms with van der Waals surface area (Å²) in [7, 11) is 3.11. The van der Waals surface area contributed by atoms with Gasteiger partial charge in [0.15, 0.2) is 11.5 Å². The van der Waals surface area contributed by atoms with Crippen molar-refractivity contribution in [2.45, 2.75) is 38.5 Å². The first-order valence-electron chi connectivity index (χ1n) is 9.64. The van der Waals surface area contributed by atoms with Crippen molar-refractivity contribution in [3.05, 3.63) is 44.8 Å². The SMILES string of the molecule is COc1ccc(NC(=O)CCc2nc3sc4c(c3c(=O)[nH]2)CCCC4)cc1OC. The molecule has 8 heteroatoms. The molecule has 2 heterocycles. The number of aryl methyl sites for hydroxylation is 3. The van der Waals surface area contributed by atoms with Gasteiger partial charge in [-0.3, -0.25) is 9.59 Å². The molecule has 0 aliphatic heterocycles. The number of methoxy groups -OCH3 is 2. The number of carbonyl (C=O) groups is 1. The summed E-state index contributed by atoms with van der Waals surface area (Å²) in [6.45, 7) is 0. The number of fused-ring (bicyclic) bond motifs is 3. The van der Waals surface area contributed by atoms with Gasteiger partial charge in [-0.05, 0) is 43.4 Å². The average molecular weight is 413 g/mol. The second-order valence-corrected chi connectivity index (χ2v) is 8.11. The third kappa shape index (κ3) is 3.98. The highest BCUT2D eigenvalue weighted by Crippen LogP contribution is 2.33. The second-order valence-electron chi connectivity index (χ2n) is 7.02. The van der Waals surface area contributed by atoms with Crippen LogP contribution >= 0.6 is 11.3 Å². The molecule has 4 rings (SSSR count). The lowest BCUT2D eigenvalue weighted by atomic mass is 9.97. The Balaban J connectivity index is 1.45. The summed E-state index contributed by atoms with van der Waals surface area (Å²) in [4.78, 5) is 34.5. The van der Waals surface area contributed by atoms with Gasteiger partial charge in [0.1, 0.15) is 10.7 Å². The zero-order chi connectivity index (χ0) is 20.4. The van der Waals surface area contributed by atoms with E-state index in [9.17, 15) is 9.59 Å². The van der Waals surface area contributed by atoms with Crippen LogP contribution in [0.25, 0.3) is 10.2 Å². The number of benzene rings is 1. The van der Waals surface area contributed by atoms with Crippen LogP contribution in [0.3, 0.4) is 0 Å². The van der Waals surface area contributed by atoms with Crippen molar-refractivity contribution in [3.8, 4) is 11.5 Å². The molecule has 152 valence electrons. The predicted molar refractivity (Wildman–Crippen MR) is 113 cm³/mol. The van der Waals surface area contributed by atoms with Gasteiger partial charge >= 0.3 is 0 Å². The van der Waals surface area contributed by atoms with E-state index >= 15 is 0 Å². The van der Waals surface area contributed by atoms with Gasteiger partial charge in [-0.15, -0.1) is 11.3 Å². The van der Waals surface area contributed by atoms with Gasteiger partial charge < -0.3 is 19.8 Å². The molecule has 0 radical (unpaired) electrons. The lowest BCUT2D eigenvalue weighted by Crippen LogP contribution is -2.16. The summed E-state index contributed by atoms with van der Waals surface area (Å²) in [5.74, 6) is 1.52. The van der Waals surface area contributed by atoms with Crippen molar-refractivity contribution in [2.24, 2.45) is 0 Å². The molecular weight excluding hydrogens is 390 g/mol. The number of hydrogen-bond donors (Lipinski definition) is 2.